The first-order chi connectivity index (χ1) is 15.7. The van der Waals surface area contributed by atoms with E-state index in [9.17, 15) is 17.2 Å². The van der Waals surface area contributed by atoms with Crippen LogP contribution >= 0.6 is 0 Å². The number of fused-ring (bicyclic) bond motifs is 1. The van der Waals surface area contributed by atoms with Gasteiger partial charge in [-0.2, -0.15) is 8.78 Å². The fourth-order valence-corrected chi connectivity index (χ4v) is 5.52. The molecule has 2 aliphatic heterocycles. The smallest absolute Gasteiger partial charge is 0.371 e. The van der Waals surface area contributed by atoms with Gasteiger partial charge in [-0.25, -0.2) is 13.2 Å². The van der Waals surface area contributed by atoms with E-state index in [1.807, 2.05) is 30.3 Å². The summed E-state index contributed by atoms with van der Waals surface area (Å²) in [4.78, 5) is 11.4. The minimum absolute atomic E-state index is 0.258. The standard InChI is InChI=1S/C20H26N4O2S.C2H2F2O2/c21-18-15-17(8-9-20(18)23-12-4-10-22-11-14-23)27(25,26)24-13-3-6-16-5-1-2-7-19(16)24;3-1(4)2(5)6/h1-2,5,7-9,15,22H,3-4,6,10-14,21H2;1H,(H,5,6). The van der Waals surface area contributed by atoms with Crippen LogP contribution in [0.1, 0.15) is 18.4 Å². The van der Waals surface area contributed by atoms with Gasteiger partial charge in [0.2, 0.25) is 0 Å². The van der Waals surface area contributed by atoms with Crippen LogP contribution in [0.2, 0.25) is 0 Å². The zero-order valence-electron chi connectivity index (χ0n) is 18.1. The second-order valence-corrected chi connectivity index (χ2v) is 9.62. The summed E-state index contributed by atoms with van der Waals surface area (Å²) in [5.41, 5.74) is 9.57. The summed E-state index contributed by atoms with van der Waals surface area (Å²) in [6.45, 7) is 4.19. The highest BCUT2D eigenvalue weighted by Crippen LogP contribution is 2.34. The Kier molecular flexibility index (Phi) is 8.09. The number of anilines is 3. The van der Waals surface area contributed by atoms with Crippen LogP contribution in [0.5, 0.6) is 0 Å². The van der Waals surface area contributed by atoms with Crippen molar-refractivity contribution in [2.75, 3.05) is 47.7 Å². The number of nitrogens with two attached hydrogens (primary N) is 1. The fraction of sp³-hybridized carbons (Fsp3) is 0.409. The van der Waals surface area contributed by atoms with Gasteiger partial charge in [0, 0.05) is 26.2 Å². The molecule has 0 bridgehead atoms. The Hall–Kier alpha value is -2.92. The Balaban J connectivity index is 0.000000454. The molecule has 1 saturated heterocycles. The van der Waals surface area contributed by atoms with Gasteiger partial charge in [0.15, 0.2) is 0 Å². The van der Waals surface area contributed by atoms with Crippen LogP contribution in [0.15, 0.2) is 47.4 Å². The lowest BCUT2D eigenvalue weighted by atomic mass is 10.0. The third-order valence-electron chi connectivity index (χ3n) is 5.52. The second-order valence-electron chi connectivity index (χ2n) is 7.76. The van der Waals surface area contributed by atoms with Crippen molar-refractivity contribution in [3.05, 3.63) is 48.0 Å². The number of carboxylic acid groups (broad SMARTS) is 1. The Morgan fingerprint density at radius 3 is 2.45 bits per heavy atom. The van der Waals surface area contributed by atoms with E-state index in [0.29, 0.717) is 12.2 Å². The maximum absolute atomic E-state index is 13.3. The molecular weight excluding hydrogens is 454 g/mol. The molecule has 2 aliphatic rings. The molecule has 0 aliphatic carbocycles. The van der Waals surface area contributed by atoms with Gasteiger partial charge in [0.05, 0.1) is 22.0 Å². The van der Waals surface area contributed by atoms with Crippen molar-refractivity contribution in [2.45, 2.75) is 30.6 Å². The maximum Gasteiger partial charge on any atom is 0.371 e. The predicted molar refractivity (Wildman–Crippen MR) is 123 cm³/mol. The molecule has 0 radical (unpaired) electrons. The largest absolute Gasteiger partial charge is 0.477 e. The highest BCUT2D eigenvalue weighted by molar-refractivity contribution is 7.92. The third-order valence-corrected chi connectivity index (χ3v) is 7.33. The topological polar surface area (TPSA) is 116 Å². The number of halogens is 2. The SMILES string of the molecule is Nc1cc(S(=O)(=O)N2CCCc3ccccc32)ccc1N1CCCNCC1.O=C(O)C(F)F. The van der Waals surface area contributed by atoms with Crippen LogP contribution in [0.3, 0.4) is 0 Å². The highest BCUT2D eigenvalue weighted by Gasteiger charge is 2.29. The van der Waals surface area contributed by atoms with Crippen LogP contribution in [0.25, 0.3) is 0 Å². The molecular formula is C22H28F2N4O4S. The number of para-hydroxylation sites is 1. The highest BCUT2D eigenvalue weighted by atomic mass is 32.2. The number of alkyl halides is 2. The van der Waals surface area contributed by atoms with Crippen molar-refractivity contribution in [1.29, 1.82) is 0 Å². The molecule has 0 saturated carbocycles. The number of nitrogens with zero attached hydrogens (tertiary/aromatic N) is 2. The number of aliphatic carboxylic acids is 1. The Bertz CT molecular complexity index is 1070. The average Bonchev–Trinajstić information content (AvgIpc) is 3.08. The molecule has 0 unspecified atom stereocenters. The molecule has 0 atom stereocenters. The molecule has 8 nitrogen and oxygen atoms in total. The minimum atomic E-state index is -3.63. The van der Waals surface area contributed by atoms with E-state index in [0.717, 1.165) is 62.4 Å². The summed E-state index contributed by atoms with van der Waals surface area (Å²) in [5, 5.41) is 10.6. The summed E-state index contributed by atoms with van der Waals surface area (Å²) in [5.74, 6) is -2.07. The van der Waals surface area contributed by atoms with Crippen LogP contribution < -0.4 is 20.3 Å². The Labute approximate surface area is 192 Å². The quantitative estimate of drug-likeness (QED) is 0.574. The van der Waals surface area contributed by atoms with Crippen LogP contribution in [0, 0.1) is 0 Å². The lowest BCUT2D eigenvalue weighted by Gasteiger charge is -2.31. The molecule has 0 aromatic heterocycles. The zero-order valence-corrected chi connectivity index (χ0v) is 18.9. The molecule has 2 aromatic carbocycles. The van der Waals surface area contributed by atoms with E-state index in [-0.39, 0.29) is 4.90 Å². The maximum atomic E-state index is 13.3. The van der Waals surface area contributed by atoms with Crippen molar-refractivity contribution in [1.82, 2.24) is 5.32 Å². The molecule has 0 amide bonds. The summed E-state index contributed by atoms with van der Waals surface area (Å²) in [6, 6.07) is 12.9. The van der Waals surface area contributed by atoms with Crippen molar-refractivity contribution in [3.8, 4) is 0 Å². The number of nitrogen functional groups attached to an aromatic ring is 1. The van der Waals surface area contributed by atoms with Crippen molar-refractivity contribution in [3.63, 3.8) is 0 Å². The molecule has 11 heteroatoms. The molecule has 1 fully saturated rings. The van der Waals surface area contributed by atoms with Crippen molar-refractivity contribution >= 4 is 33.1 Å². The van der Waals surface area contributed by atoms with Gasteiger partial charge >= 0.3 is 12.4 Å². The number of nitrogens with one attached hydrogen (secondary N) is 1. The summed E-state index contributed by atoms with van der Waals surface area (Å²) < 4.78 is 49.2. The number of hydrogen-bond donors (Lipinski definition) is 3. The van der Waals surface area contributed by atoms with Gasteiger partial charge in [0.1, 0.15) is 0 Å². The van der Waals surface area contributed by atoms with E-state index in [2.05, 4.69) is 10.2 Å². The molecule has 0 spiro atoms. The van der Waals surface area contributed by atoms with E-state index in [4.69, 9.17) is 15.6 Å². The molecule has 4 N–H and O–H groups in total. The van der Waals surface area contributed by atoms with Gasteiger partial charge in [-0.3, -0.25) is 4.31 Å². The molecule has 180 valence electrons. The lowest BCUT2D eigenvalue weighted by molar-refractivity contribution is -0.149. The van der Waals surface area contributed by atoms with Crippen LogP contribution in [-0.2, 0) is 21.2 Å². The number of carboxylic acids is 1. The normalized spacial score (nSPS) is 16.5. The van der Waals surface area contributed by atoms with Gasteiger partial charge in [-0.1, -0.05) is 18.2 Å². The number of hydrogen-bond acceptors (Lipinski definition) is 6. The first-order valence-electron chi connectivity index (χ1n) is 10.7. The van der Waals surface area contributed by atoms with Gasteiger partial charge in [0.25, 0.3) is 10.0 Å². The monoisotopic (exact) mass is 482 g/mol. The average molecular weight is 483 g/mol. The molecule has 2 aromatic rings. The van der Waals surface area contributed by atoms with Crippen LogP contribution in [-0.4, -0.2) is 58.6 Å². The number of aryl methyl sites for hydroxylation is 1. The van der Waals surface area contributed by atoms with Gasteiger partial charge < -0.3 is 21.1 Å². The lowest BCUT2D eigenvalue weighted by Crippen LogP contribution is -2.35. The fourth-order valence-electron chi connectivity index (χ4n) is 3.94. The number of rotatable bonds is 4. The number of benzene rings is 2. The van der Waals surface area contributed by atoms with Gasteiger partial charge in [-0.05, 0) is 55.6 Å². The van der Waals surface area contributed by atoms with Crippen LogP contribution in [0.4, 0.5) is 25.8 Å². The molecule has 2 heterocycles. The second kappa shape index (κ2) is 10.8. The summed E-state index contributed by atoms with van der Waals surface area (Å²) in [6.07, 6.45) is -0.453. The van der Waals surface area contributed by atoms with Crippen molar-refractivity contribution in [2.24, 2.45) is 0 Å². The van der Waals surface area contributed by atoms with Crippen molar-refractivity contribution < 1.29 is 27.1 Å². The third kappa shape index (κ3) is 5.91. The predicted octanol–water partition coefficient (Wildman–Crippen LogP) is 2.55. The molecule has 33 heavy (non-hydrogen) atoms. The first kappa shape index (κ1) is 24.7. The molecule has 4 rings (SSSR count). The first-order valence-corrected chi connectivity index (χ1v) is 12.1. The van der Waals surface area contributed by atoms with E-state index < -0.39 is 22.4 Å². The van der Waals surface area contributed by atoms with E-state index in [1.54, 1.807) is 12.1 Å². The summed E-state index contributed by atoms with van der Waals surface area (Å²) in [7, 11) is -3.63. The van der Waals surface area contributed by atoms with Gasteiger partial charge in [-0.15, -0.1) is 0 Å². The Morgan fingerprint density at radius 1 is 1.03 bits per heavy atom. The minimum Gasteiger partial charge on any atom is -0.477 e. The Morgan fingerprint density at radius 2 is 1.76 bits per heavy atom. The number of sulfonamides is 1. The summed E-state index contributed by atoms with van der Waals surface area (Å²) >= 11 is 0. The van der Waals surface area contributed by atoms with E-state index >= 15 is 0 Å². The number of carbonyl (C=O) groups is 1. The zero-order chi connectivity index (χ0) is 24.0. The van der Waals surface area contributed by atoms with E-state index in [1.165, 1.54) is 4.31 Å².